The zero-order valence-corrected chi connectivity index (χ0v) is 9.20. The van der Waals surface area contributed by atoms with Gasteiger partial charge in [-0.1, -0.05) is 50.1 Å². The summed E-state index contributed by atoms with van der Waals surface area (Å²) in [6.07, 6.45) is 3.89. The fourth-order valence-electron chi connectivity index (χ4n) is 1.60. The van der Waals surface area contributed by atoms with E-state index in [0.29, 0.717) is 6.10 Å². The number of rotatable bonds is 6. The average Bonchev–Trinajstić information content (AvgIpc) is 2.25. The maximum absolute atomic E-state index is 5.73. The topological polar surface area (TPSA) is 9.23 Å². The normalized spacial score (nSPS) is 12.7. The lowest BCUT2D eigenvalue weighted by Gasteiger charge is -2.16. The van der Waals surface area contributed by atoms with Crippen LogP contribution in [-0.2, 0) is 4.74 Å². The highest BCUT2D eigenvalue weighted by atomic mass is 16.5. The number of hydrogen-bond donors (Lipinski definition) is 0. The zero-order valence-electron chi connectivity index (χ0n) is 9.20. The fourth-order valence-corrected chi connectivity index (χ4v) is 1.60. The molecule has 0 aliphatic carbocycles. The van der Waals surface area contributed by atoms with Gasteiger partial charge in [0.05, 0.1) is 6.10 Å². The smallest absolute Gasteiger partial charge is 0.0824 e. The predicted octanol–water partition coefficient (Wildman–Crippen LogP) is 3.95. The third kappa shape index (κ3) is 3.51. The molecule has 1 nitrogen and oxygen atoms in total. The first-order valence-electron chi connectivity index (χ1n) is 5.55. The first kappa shape index (κ1) is 11.3. The standard InChI is InChI=1S/C13H20O/c1-3-5-11-13(14-4-2)12-9-7-6-8-10-12/h6-10,13H,3-5,11H2,1-2H3. The molecule has 0 saturated heterocycles. The molecule has 78 valence electrons. The highest BCUT2D eigenvalue weighted by Gasteiger charge is 2.09. The van der Waals surface area contributed by atoms with Crippen LogP contribution in [0.15, 0.2) is 30.3 Å². The van der Waals surface area contributed by atoms with E-state index in [4.69, 9.17) is 4.74 Å². The molecular formula is C13H20O. The first-order valence-corrected chi connectivity index (χ1v) is 5.55. The summed E-state index contributed by atoms with van der Waals surface area (Å²) in [6.45, 7) is 5.07. The minimum atomic E-state index is 0.293. The number of unbranched alkanes of at least 4 members (excludes halogenated alkanes) is 1. The van der Waals surface area contributed by atoms with Gasteiger partial charge in [0.1, 0.15) is 0 Å². The van der Waals surface area contributed by atoms with Crippen molar-refractivity contribution in [3.8, 4) is 0 Å². The second kappa shape index (κ2) is 6.61. The molecule has 0 fully saturated rings. The van der Waals surface area contributed by atoms with Crippen LogP contribution in [0.2, 0.25) is 0 Å². The van der Waals surface area contributed by atoms with E-state index in [1.54, 1.807) is 0 Å². The molecule has 1 heteroatoms. The monoisotopic (exact) mass is 192 g/mol. The van der Waals surface area contributed by atoms with Crippen molar-refractivity contribution >= 4 is 0 Å². The summed E-state index contributed by atoms with van der Waals surface area (Å²) < 4.78 is 5.73. The van der Waals surface area contributed by atoms with Gasteiger partial charge in [0, 0.05) is 6.61 Å². The maximum atomic E-state index is 5.73. The summed E-state index contributed by atoms with van der Waals surface area (Å²) in [6, 6.07) is 10.5. The lowest BCUT2D eigenvalue weighted by molar-refractivity contribution is 0.0546. The molecule has 0 amide bonds. The number of benzene rings is 1. The maximum Gasteiger partial charge on any atom is 0.0824 e. The van der Waals surface area contributed by atoms with Gasteiger partial charge >= 0.3 is 0 Å². The third-order valence-corrected chi connectivity index (χ3v) is 2.36. The molecule has 0 aromatic heterocycles. The average molecular weight is 192 g/mol. The Balaban J connectivity index is 2.58. The van der Waals surface area contributed by atoms with Gasteiger partial charge in [0.25, 0.3) is 0 Å². The zero-order chi connectivity index (χ0) is 10.2. The van der Waals surface area contributed by atoms with Gasteiger partial charge < -0.3 is 4.74 Å². The van der Waals surface area contributed by atoms with E-state index in [9.17, 15) is 0 Å². The number of hydrogen-bond acceptors (Lipinski definition) is 1. The summed E-state index contributed by atoms with van der Waals surface area (Å²) in [5, 5.41) is 0. The molecule has 14 heavy (non-hydrogen) atoms. The SMILES string of the molecule is CCCCC(OCC)c1ccccc1. The summed E-state index contributed by atoms with van der Waals surface area (Å²) in [4.78, 5) is 0. The van der Waals surface area contributed by atoms with Crippen LogP contribution >= 0.6 is 0 Å². The molecule has 0 spiro atoms. The van der Waals surface area contributed by atoms with Crippen LogP contribution in [0.3, 0.4) is 0 Å². The fraction of sp³-hybridized carbons (Fsp3) is 0.538. The van der Waals surface area contributed by atoms with Gasteiger partial charge in [-0.3, -0.25) is 0 Å². The van der Waals surface area contributed by atoms with Crippen LogP contribution in [-0.4, -0.2) is 6.61 Å². The molecule has 1 aromatic carbocycles. The van der Waals surface area contributed by atoms with E-state index in [-0.39, 0.29) is 0 Å². The Labute approximate surface area is 87.1 Å². The van der Waals surface area contributed by atoms with Gasteiger partial charge in [-0.2, -0.15) is 0 Å². The second-order valence-corrected chi connectivity index (χ2v) is 3.50. The molecule has 1 unspecified atom stereocenters. The van der Waals surface area contributed by atoms with Crippen molar-refractivity contribution < 1.29 is 4.74 Å². The van der Waals surface area contributed by atoms with Crippen molar-refractivity contribution in [3.63, 3.8) is 0 Å². The molecule has 1 aromatic rings. The minimum Gasteiger partial charge on any atom is -0.374 e. The van der Waals surface area contributed by atoms with E-state index in [1.165, 1.54) is 18.4 Å². The Kier molecular flexibility index (Phi) is 5.31. The van der Waals surface area contributed by atoms with Gasteiger partial charge in [0.15, 0.2) is 0 Å². The number of ether oxygens (including phenoxy) is 1. The Morgan fingerprint density at radius 2 is 1.86 bits per heavy atom. The highest BCUT2D eigenvalue weighted by molar-refractivity contribution is 5.17. The second-order valence-electron chi connectivity index (χ2n) is 3.50. The van der Waals surface area contributed by atoms with Crippen LogP contribution < -0.4 is 0 Å². The summed E-state index contributed by atoms with van der Waals surface area (Å²) in [5.41, 5.74) is 1.31. The lowest BCUT2D eigenvalue weighted by Crippen LogP contribution is -2.03. The Hall–Kier alpha value is -0.820. The summed E-state index contributed by atoms with van der Waals surface area (Å²) in [7, 11) is 0. The first-order chi connectivity index (χ1) is 6.88. The van der Waals surface area contributed by atoms with Crippen LogP contribution in [0.4, 0.5) is 0 Å². The molecule has 0 N–H and O–H groups in total. The van der Waals surface area contributed by atoms with E-state index in [1.807, 2.05) is 6.07 Å². The molecular weight excluding hydrogens is 172 g/mol. The lowest BCUT2D eigenvalue weighted by atomic mass is 10.0. The highest BCUT2D eigenvalue weighted by Crippen LogP contribution is 2.22. The Morgan fingerprint density at radius 1 is 1.14 bits per heavy atom. The van der Waals surface area contributed by atoms with Gasteiger partial charge in [-0.05, 0) is 18.9 Å². The quantitative estimate of drug-likeness (QED) is 0.663. The Morgan fingerprint density at radius 3 is 2.43 bits per heavy atom. The molecule has 0 aliphatic heterocycles. The van der Waals surface area contributed by atoms with Gasteiger partial charge in [-0.25, -0.2) is 0 Å². The molecule has 0 bridgehead atoms. The minimum absolute atomic E-state index is 0.293. The van der Waals surface area contributed by atoms with Crippen molar-refractivity contribution in [2.75, 3.05) is 6.61 Å². The van der Waals surface area contributed by atoms with Crippen LogP contribution in [0.1, 0.15) is 44.8 Å². The van der Waals surface area contributed by atoms with Crippen LogP contribution in [0.25, 0.3) is 0 Å². The Bertz CT molecular complexity index is 230. The van der Waals surface area contributed by atoms with E-state index >= 15 is 0 Å². The van der Waals surface area contributed by atoms with Crippen LogP contribution in [0.5, 0.6) is 0 Å². The van der Waals surface area contributed by atoms with E-state index in [2.05, 4.69) is 38.1 Å². The molecule has 1 atom stereocenters. The largest absolute Gasteiger partial charge is 0.374 e. The van der Waals surface area contributed by atoms with Crippen LogP contribution in [0, 0.1) is 0 Å². The molecule has 0 saturated carbocycles. The predicted molar refractivity (Wildman–Crippen MR) is 60.3 cm³/mol. The molecule has 0 heterocycles. The third-order valence-electron chi connectivity index (χ3n) is 2.36. The van der Waals surface area contributed by atoms with E-state index < -0.39 is 0 Å². The van der Waals surface area contributed by atoms with Crippen molar-refractivity contribution in [2.24, 2.45) is 0 Å². The van der Waals surface area contributed by atoms with Crippen molar-refractivity contribution in [1.29, 1.82) is 0 Å². The van der Waals surface area contributed by atoms with E-state index in [0.717, 1.165) is 13.0 Å². The van der Waals surface area contributed by atoms with Crippen molar-refractivity contribution in [3.05, 3.63) is 35.9 Å². The van der Waals surface area contributed by atoms with Gasteiger partial charge in [0.2, 0.25) is 0 Å². The van der Waals surface area contributed by atoms with Crippen molar-refractivity contribution in [1.82, 2.24) is 0 Å². The van der Waals surface area contributed by atoms with Gasteiger partial charge in [-0.15, -0.1) is 0 Å². The molecule has 0 radical (unpaired) electrons. The molecule has 0 aliphatic rings. The molecule has 1 rings (SSSR count). The summed E-state index contributed by atoms with van der Waals surface area (Å²) in [5.74, 6) is 0. The summed E-state index contributed by atoms with van der Waals surface area (Å²) >= 11 is 0. The van der Waals surface area contributed by atoms with Crippen molar-refractivity contribution in [2.45, 2.75) is 39.2 Å².